The van der Waals surface area contributed by atoms with E-state index in [2.05, 4.69) is 15.2 Å². The van der Waals surface area contributed by atoms with Crippen LogP contribution in [0.5, 0.6) is 5.75 Å². The normalized spacial score (nSPS) is 14.5. The van der Waals surface area contributed by atoms with Crippen molar-refractivity contribution in [2.24, 2.45) is 17.6 Å². The minimum absolute atomic E-state index is 0.0379. The van der Waals surface area contributed by atoms with E-state index < -0.39 is 37.8 Å². The highest BCUT2D eigenvalue weighted by atomic mass is 31.2. The monoisotopic (exact) mass is 471 g/mol. The SMILES string of the molecule is CC(C)C[C@@H](C=O)NC(=O)[C@H](Cc1ccc(OP(=O)(O)O)cc1)NC(=O)[C@@H](N)CC(C)C. The predicted molar refractivity (Wildman–Crippen MR) is 120 cm³/mol. The molecule has 6 N–H and O–H groups in total. The van der Waals surface area contributed by atoms with Gasteiger partial charge in [0.2, 0.25) is 11.8 Å². The molecule has 11 heteroatoms. The number of hydrogen-bond acceptors (Lipinski definition) is 6. The Morgan fingerprint density at radius 2 is 1.59 bits per heavy atom. The molecule has 0 aliphatic rings. The van der Waals surface area contributed by atoms with Crippen LogP contribution < -0.4 is 20.9 Å². The molecule has 0 unspecified atom stereocenters. The van der Waals surface area contributed by atoms with Crippen LogP contribution in [0, 0.1) is 11.8 Å². The van der Waals surface area contributed by atoms with E-state index in [0.717, 1.165) is 0 Å². The molecule has 1 aromatic rings. The third-order valence-electron chi connectivity index (χ3n) is 4.50. The molecule has 0 heterocycles. The third kappa shape index (κ3) is 10.9. The van der Waals surface area contributed by atoms with Gasteiger partial charge in [0.05, 0.1) is 12.1 Å². The van der Waals surface area contributed by atoms with Crippen LogP contribution in [0.2, 0.25) is 0 Å². The molecule has 3 atom stereocenters. The van der Waals surface area contributed by atoms with Crippen molar-refractivity contribution in [1.82, 2.24) is 10.6 Å². The third-order valence-corrected chi connectivity index (χ3v) is 4.95. The van der Waals surface area contributed by atoms with E-state index in [-0.39, 0.29) is 24.0 Å². The Bertz CT molecular complexity index is 808. The Morgan fingerprint density at radius 3 is 2.06 bits per heavy atom. The van der Waals surface area contributed by atoms with E-state index >= 15 is 0 Å². The highest BCUT2D eigenvalue weighted by Gasteiger charge is 2.26. The maximum atomic E-state index is 12.9. The van der Waals surface area contributed by atoms with Gasteiger partial charge in [-0.15, -0.1) is 0 Å². The minimum atomic E-state index is -4.69. The first-order chi connectivity index (χ1) is 14.8. The largest absolute Gasteiger partial charge is 0.524 e. The van der Waals surface area contributed by atoms with Crippen molar-refractivity contribution in [3.05, 3.63) is 29.8 Å². The Hall–Kier alpha value is -2.26. The Morgan fingerprint density at radius 1 is 1.03 bits per heavy atom. The van der Waals surface area contributed by atoms with Crippen LogP contribution >= 0.6 is 7.82 Å². The first kappa shape index (κ1) is 27.8. The smallest absolute Gasteiger partial charge is 0.404 e. The average molecular weight is 471 g/mol. The molecule has 0 aliphatic heterocycles. The second kappa shape index (κ2) is 12.7. The summed E-state index contributed by atoms with van der Waals surface area (Å²) in [7, 11) is -4.69. The predicted octanol–water partition coefficient (Wildman–Crippen LogP) is 1.29. The molecule has 0 saturated carbocycles. The van der Waals surface area contributed by atoms with Crippen LogP contribution in [0.25, 0.3) is 0 Å². The fourth-order valence-corrected chi connectivity index (χ4v) is 3.50. The number of carbonyl (C=O) groups excluding carboxylic acids is 3. The number of carbonyl (C=O) groups is 3. The lowest BCUT2D eigenvalue weighted by molar-refractivity contribution is -0.130. The molecule has 1 rings (SSSR count). The van der Waals surface area contributed by atoms with Crippen molar-refractivity contribution in [3.8, 4) is 5.75 Å². The summed E-state index contributed by atoms with van der Waals surface area (Å²) >= 11 is 0. The molecule has 32 heavy (non-hydrogen) atoms. The van der Waals surface area contributed by atoms with Crippen molar-refractivity contribution in [1.29, 1.82) is 0 Å². The highest BCUT2D eigenvalue weighted by Crippen LogP contribution is 2.37. The van der Waals surface area contributed by atoms with Gasteiger partial charge in [-0.25, -0.2) is 4.57 Å². The van der Waals surface area contributed by atoms with Gasteiger partial charge < -0.3 is 25.7 Å². The second-order valence-corrected chi connectivity index (χ2v) is 9.77. The molecular formula is C21H34N3O7P. The number of benzene rings is 1. The zero-order valence-corrected chi connectivity index (χ0v) is 19.7. The quantitative estimate of drug-likeness (QED) is 0.212. The minimum Gasteiger partial charge on any atom is -0.404 e. The number of phosphoric acid groups is 1. The van der Waals surface area contributed by atoms with Gasteiger partial charge in [-0.2, -0.15) is 0 Å². The molecule has 0 spiro atoms. The van der Waals surface area contributed by atoms with Gasteiger partial charge in [-0.1, -0.05) is 39.8 Å². The van der Waals surface area contributed by atoms with Crippen LogP contribution in [0.4, 0.5) is 0 Å². The van der Waals surface area contributed by atoms with E-state index in [1.54, 1.807) is 0 Å². The molecule has 180 valence electrons. The molecule has 2 amide bonds. The fraction of sp³-hybridized carbons (Fsp3) is 0.571. The lowest BCUT2D eigenvalue weighted by Gasteiger charge is -2.23. The van der Waals surface area contributed by atoms with Crippen LogP contribution in [-0.2, 0) is 25.4 Å². The van der Waals surface area contributed by atoms with Gasteiger partial charge in [-0.05, 0) is 42.4 Å². The van der Waals surface area contributed by atoms with Gasteiger partial charge in [0.1, 0.15) is 18.1 Å². The van der Waals surface area contributed by atoms with Gasteiger partial charge in [0, 0.05) is 6.42 Å². The number of rotatable bonds is 13. The summed E-state index contributed by atoms with van der Waals surface area (Å²) in [6, 6.07) is 3.27. The summed E-state index contributed by atoms with van der Waals surface area (Å²) in [6.07, 6.45) is 1.64. The zero-order chi connectivity index (χ0) is 24.5. The number of nitrogens with two attached hydrogens (primary N) is 1. The number of aldehydes is 1. The number of hydrogen-bond donors (Lipinski definition) is 5. The first-order valence-electron chi connectivity index (χ1n) is 10.5. The van der Waals surface area contributed by atoms with E-state index in [9.17, 15) is 18.9 Å². The van der Waals surface area contributed by atoms with E-state index in [1.165, 1.54) is 24.3 Å². The van der Waals surface area contributed by atoms with Gasteiger partial charge in [0.15, 0.2) is 0 Å². The molecular weight excluding hydrogens is 437 g/mol. The van der Waals surface area contributed by atoms with Crippen LogP contribution in [0.3, 0.4) is 0 Å². The number of phosphoric ester groups is 1. The molecule has 0 bridgehead atoms. The summed E-state index contributed by atoms with van der Waals surface area (Å²) in [4.78, 5) is 54.6. The van der Waals surface area contributed by atoms with E-state index in [1.807, 2.05) is 27.7 Å². The fourth-order valence-electron chi connectivity index (χ4n) is 3.10. The molecule has 0 aromatic heterocycles. The van der Waals surface area contributed by atoms with E-state index in [0.29, 0.717) is 24.7 Å². The lowest BCUT2D eigenvalue weighted by atomic mass is 10.0. The Balaban J connectivity index is 3.00. The van der Waals surface area contributed by atoms with Crippen molar-refractivity contribution in [2.45, 2.75) is 65.1 Å². The summed E-state index contributed by atoms with van der Waals surface area (Å²) in [5.41, 5.74) is 6.55. The summed E-state index contributed by atoms with van der Waals surface area (Å²) < 4.78 is 15.5. The molecule has 0 fully saturated rings. The van der Waals surface area contributed by atoms with Gasteiger partial charge in [-0.3, -0.25) is 19.4 Å². The average Bonchev–Trinajstić information content (AvgIpc) is 2.66. The van der Waals surface area contributed by atoms with Crippen molar-refractivity contribution >= 4 is 25.9 Å². The summed E-state index contributed by atoms with van der Waals surface area (Å²) in [6.45, 7) is 7.71. The maximum Gasteiger partial charge on any atom is 0.524 e. The summed E-state index contributed by atoms with van der Waals surface area (Å²) in [5.74, 6) is -0.672. The molecule has 0 saturated heterocycles. The van der Waals surface area contributed by atoms with Gasteiger partial charge >= 0.3 is 7.82 Å². The van der Waals surface area contributed by atoms with Crippen LogP contribution in [-0.4, -0.2) is 46.0 Å². The van der Waals surface area contributed by atoms with Crippen molar-refractivity contribution < 1.29 is 33.3 Å². The lowest BCUT2D eigenvalue weighted by Crippen LogP contribution is -2.54. The van der Waals surface area contributed by atoms with E-state index in [4.69, 9.17) is 15.5 Å². The Kier molecular flexibility index (Phi) is 11.0. The van der Waals surface area contributed by atoms with Crippen molar-refractivity contribution in [2.75, 3.05) is 0 Å². The number of nitrogens with one attached hydrogen (secondary N) is 2. The second-order valence-electron chi connectivity index (χ2n) is 8.61. The van der Waals surface area contributed by atoms with Crippen LogP contribution in [0.15, 0.2) is 24.3 Å². The summed E-state index contributed by atoms with van der Waals surface area (Å²) in [5, 5.41) is 5.31. The number of amides is 2. The molecule has 0 aliphatic carbocycles. The highest BCUT2D eigenvalue weighted by molar-refractivity contribution is 7.46. The first-order valence-corrected chi connectivity index (χ1v) is 12.0. The van der Waals surface area contributed by atoms with Gasteiger partial charge in [0.25, 0.3) is 0 Å². The topological polar surface area (TPSA) is 168 Å². The van der Waals surface area contributed by atoms with Crippen molar-refractivity contribution in [3.63, 3.8) is 0 Å². The molecule has 0 radical (unpaired) electrons. The maximum absolute atomic E-state index is 12.9. The molecule has 1 aromatic carbocycles. The van der Waals surface area contributed by atoms with Crippen LogP contribution in [0.1, 0.15) is 46.1 Å². The zero-order valence-electron chi connectivity index (χ0n) is 18.9. The Labute approximate surface area is 188 Å². The standard InChI is InChI=1S/C21H34N3O7P/c1-13(2)9-16(12-25)23-21(27)19(24-20(26)18(22)10-14(3)4)11-15-5-7-17(8-6-15)31-32(28,29)30/h5-8,12-14,16,18-19H,9-11,22H2,1-4H3,(H,23,27)(H,24,26)(H2,28,29,30)/t16-,18-,19-/m0/s1. The molecule has 10 nitrogen and oxygen atoms in total.